The lowest BCUT2D eigenvalue weighted by atomic mass is 10.1. The van der Waals surface area contributed by atoms with E-state index in [4.69, 9.17) is 0 Å². The number of carbonyl (C=O) groups excluding carboxylic acids is 3. The summed E-state index contributed by atoms with van der Waals surface area (Å²) < 4.78 is 37.4. The fourth-order valence-electron chi connectivity index (χ4n) is 2.31. The van der Waals surface area contributed by atoms with Gasteiger partial charge in [-0.15, -0.1) is 0 Å². The molecule has 6 nitrogen and oxygen atoms in total. The highest BCUT2D eigenvalue weighted by Gasteiger charge is 2.29. The van der Waals surface area contributed by atoms with Crippen molar-refractivity contribution >= 4 is 23.8 Å². The number of benzene rings is 1. The molecule has 0 aromatic heterocycles. The van der Waals surface area contributed by atoms with Crippen molar-refractivity contribution in [2.75, 3.05) is 26.2 Å². The van der Waals surface area contributed by atoms with Gasteiger partial charge in [0.25, 0.3) is 0 Å². The van der Waals surface area contributed by atoms with Gasteiger partial charge in [0.15, 0.2) is 0 Å². The van der Waals surface area contributed by atoms with E-state index in [-0.39, 0.29) is 24.9 Å². The predicted octanol–water partition coefficient (Wildman–Crippen LogP) is 1.18. The highest BCUT2D eigenvalue weighted by molar-refractivity contribution is 5.95. The lowest BCUT2D eigenvalue weighted by Crippen LogP contribution is -2.42. The minimum atomic E-state index is -4.41. The van der Waals surface area contributed by atoms with Crippen LogP contribution in [-0.2, 0) is 20.6 Å². The first-order valence-electron chi connectivity index (χ1n) is 7.93. The molecule has 1 heterocycles. The van der Waals surface area contributed by atoms with Gasteiger partial charge < -0.3 is 15.5 Å². The first kappa shape index (κ1) is 19.5. The number of hydrogen-bond acceptors (Lipinski definition) is 3. The Morgan fingerprint density at radius 2 is 1.92 bits per heavy atom. The summed E-state index contributed by atoms with van der Waals surface area (Å²) in [6, 6.07) is 4.33. The third-order valence-corrected chi connectivity index (χ3v) is 3.69. The molecule has 140 valence electrons. The van der Waals surface area contributed by atoms with Crippen LogP contribution in [0.3, 0.4) is 0 Å². The van der Waals surface area contributed by atoms with E-state index in [1.807, 2.05) is 0 Å². The maximum absolute atomic E-state index is 12.5. The molecule has 1 aliphatic heterocycles. The van der Waals surface area contributed by atoms with Crippen LogP contribution in [0.15, 0.2) is 30.3 Å². The SMILES string of the molecule is O=C(/C=C/c1ccc(C(F)(F)F)cc1)NCC(=O)N1CCCNC(=O)C1. The zero-order valence-electron chi connectivity index (χ0n) is 13.8. The van der Waals surface area contributed by atoms with Crippen molar-refractivity contribution < 1.29 is 27.6 Å². The van der Waals surface area contributed by atoms with Gasteiger partial charge in [-0.3, -0.25) is 14.4 Å². The number of amides is 3. The minimum absolute atomic E-state index is 0.0455. The zero-order chi connectivity index (χ0) is 19.2. The molecule has 0 spiro atoms. The molecule has 0 aliphatic carbocycles. The summed E-state index contributed by atoms with van der Waals surface area (Å²) in [5.74, 6) is -1.18. The van der Waals surface area contributed by atoms with Crippen LogP contribution in [0.5, 0.6) is 0 Å². The highest BCUT2D eigenvalue weighted by atomic mass is 19.4. The number of halogens is 3. The lowest BCUT2D eigenvalue weighted by molar-refractivity contribution is -0.137. The first-order valence-corrected chi connectivity index (χ1v) is 7.93. The quantitative estimate of drug-likeness (QED) is 0.783. The molecule has 1 aromatic carbocycles. The van der Waals surface area contributed by atoms with E-state index in [9.17, 15) is 27.6 Å². The van der Waals surface area contributed by atoms with Crippen LogP contribution >= 0.6 is 0 Å². The predicted molar refractivity (Wildman–Crippen MR) is 87.7 cm³/mol. The molecule has 0 bridgehead atoms. The number of hydrogen-bond donors (Lipinski definition) is 2. The topological polar surface area (TPSA) is 78.5 Å². The molecule has 0 saturated carbocycles. The van der Waals surface area contributed by atoms with Crippen LogP contribution in [0, 0.1) is 0 Å². The Morgan fingerprint density at radius 1 is 1.23 bits per heavy atom. The summed E-state index contributed by atoms with van der Waals surface area (Å²) in [4.78, 5) is 36.5. The molecule has 0 atom stereocenters. The van der Waals surface area contributed by atoms with Crippen molar-refractivity contribution in [1.29, 1.82) is 0 Å². The van der Waals surface area contributed by atoms with Gasteiger partial charge in [-0.1, -0.05) is 12.1 Å². The van der Waals surface area contributed by atoms with E-state index in [0.717, 1.165) is 18.2 Å². The second kappa shape index (κ2) is 8.50. The highest BCUT2D eigenvalue weighted by Crippen LogP contribution is 2.29. The minimum Gasteiger partial charge on any atom is -0.354 e. The van der Waals surface area contributed by atoms with Gasteiger partial charge in [-0.2, -0.15) is 13.2 Å². The van der Waals surface area contributed by atoms with Crippen molar-refractivity contribution in [3.8, 4) is 0 Å². The molecule has 1 saturated heterocycles. The molecule has 2 N–H and O–H groups in total. The van der Waals surface area contributed by atoms with Gasteiger partial charge in [-0.05, 0) is 30.2 Å². The Kier molecular flexibility index (Phi) is 6.37. The number of rotatable bonds is 4. The fourth-order valence-corrected chi connectivity index (χ4v) is 2.31. The van der Waals surface area contributed by atoms with Crippen LogP contribution in [0.2, 0.25) is 0 Å². The van der Waals surface area contributed by atoms with Gasteiger partial charge in [0, 0.05) is 19.2 Å². The number of alkyl halides is 3. The average molecular weight is 369 g/mol. The molecular weight excluding hydrogens is 351 g/mol. The largest absolute Gasteiger partial charge is 0.416 e. The van der Waals surface area contributed by atoms with Crippen molar-refractivity contribution in [3.05, 3.63) is 41.5 Å². The molecule has 26 heavy (non-hydrogen) atoms. The van der Waals surface area contributed by atoms with Crippen LogP contribution in [0.25, 0.3) is 6.08 Å². The Hall–Kier alpha value is -2.84. The van der Waals surface area contributed by atoms with Crippen molar-refractivity contribution in [2.45, 2.75) is 12.6 Å². The van der Waals surface area contributed by atoms with E-state index in [1.165, 1.54) is 23.1 Å². The molecule has 1 aromatic rings. The Labute approximate surface area is 148 Å². The maximum atomic E-state index is 12.5. The van der Waals surface area contributed by atoms with E-state index < -0.39 is 17.6 Å². The molecule has 0 unspecified atom stereocenters. The molecule has 3 amide bonds. The molecule has 1 aliphatic rings. The van der Waals surface area contributed by atoms with E-state index in [0.29, 0.717) is 25.1 Å². The maximum Gasteiger partial charge on any atom is 0.416 e. The van der Waals surface area contributed by atoms with Crippen LogP contribution in [0.1, 0.15) is 17.5 Å². The van der Waals surface area contributed by atoms with E-state index in [2.05, 4.69) is 10.6 Å². The fraction of sp³-hybridized carbons (Fsp3) is 0.353. The second-order valence-corrected chi connectivity index (χ2v) is 5.69. The molecule has 0 radical (unpaired) electrons. The summed E-state index contributed by atoms with van der Waals surface area (Å²) in [5, 5.41) is 5.04. The van der Waals surface area contributed by atoms with Crippen molar-refractivity contribution in [2.24, 2.45) is 0 Å². The summed E-state index contributed by atoms with van der Waals surface area (Å²) in [6.07, 6.45) is -1.30. The van der Waals surface area contributed by atoms with E-state index >= 15 is 0 Å². The standard InChI is InChI=1S/C17H18F3N3O3/c18-17(19,20)13-5-2-12(3-6-13)4-7-14(24)22-10-16(26)23-9-1-8-21-15(25)11-23/h2-7H,1,8-11H2,(H,21,25)(H,22,24)/b7-4+. The van der Waals surface area contributed by atoms with Gasteiger partial charge in [0.1, 0.15) is 0 Å². The molecule has 1 fully saturated rings. The van der Waals surface area contributed by atoms with Gasteiger partial charge in [0.2, 0.25) is 17.7 Å². The summed E-state index contributed by atoms with van der Waals surface area (Å²) in [5.41, 5.74) is -0.352. The monoisotopic (exact) mass is 369 g/mol. The lowest BCUT2D eigenvalue weighted by Gasteiger charge is -2.18. The Bertz CT molecular complexity index is 699. The number of carbonyl (C=O) groups is 3. The zero-order valence-corrected chi connectivity index (χ0v) is 13.8. The van der Waals surface area contributed by atoms with Crippen LogP contribution in [0.4, 0.5) is 13.2 Å². The summed E-state index contributed by atoms with van der Waals surface area (Å²) in [7, 11) is 0. The van der Waals surface area contributed by atoms with Gasteiger partial charge in [-0.25, -0.2) is 0 Å². The van der Waals surface area contributed by atoms with Gasteiger partial charge in [0.05, 0.1) is 18.7 Å². The van der Waals surface area contributed by atoms with Gasteiger partial charge >= 0.3 is 6.18 Å². The summed E-state index contributed by atoms with van der Waals surface area (Å²) in [6.45, 7) is 0.624. The number of nitrogens with one attached hydrogen (secondary N) is 2. The second-order valence-electron chi connectivity index (χ2n) is 5.69. The summed E-state index contributed by atoms with van der Waals surface area (Å²) >= 11 is 0. The average Bonchev–Trinajstić information content (AvgIpc) is 2.82. The smallest absolute Gasteiger partial charge is 0.354 e. The Balaban J connectivity index is 1.83. The molecule has 9 heteroatoms. The van der Waals surface area contributed by atoms with Crippen LogP contribution in [-0.4, -0.2) is 48.8 Å². The van der Waals surface area contributed by atoms with Crippen molar-refractivity contribution in [3.63, 3.8) is 0 Å². The third kappa shape index (κ3) is 5.91. The normalized spacial score (nSPS) is 15.5. The molecule has 2 rings (SSSR count). The number of nitrogens with zero attached hydrogens (tertiary/aromatic N) is 1. The van der Waals surface area contributed by atoms with E-state index in [1.54, 1.807) is 0 Å². The molecular formula is C17H18F3N3O3. The Morgan fingerprint density at radius 3 is 2.58 bits per heavy atom. The third-order valence-electron chi connectivity index (χ3n) is 3.69. The first-order chi connectivity index (χ1) is 12.3. The van der Waals surface area contributed by atoms with Crippen molar-refractivity contribution in [1.82, 2.24) is 15.5 Å². The van der Waals surface area contributed by atoms with Crippen LogP contribution < -0.4 is 10.6 Å².